The highest BCUT2D eigenvalue weighted by atomic mass is 15.2. The van der Waals surface area contributed by atoms with Crippen molar-refractivity contribution in [3.63, 3.8) is 0 Å². The molecule has 2 N–H and O–H groups in total. The van der Waals surface area contributed by atoms with Gasteiger partial charge in [-0.2, -0.15) is 0 Å². The van der Waals surface area contributed by atoms with Gasteiger partial charge in [-0.1, -0.05) is 39.8 Å². The number of hydrogen-bond acceptors (Lipinski definition) is 2. The molecule has 2 aliphatic rings. The van der Waals surface area contributed by atoms with Crippen LogP contribution in [0.4, 0.5) is 5.69 Å². The van der Waals surface area contributed by atoms with Crippen LogP contribution in [0.2, 0.25) is 0 Å². The van der Waals surface area contributed by atoms with Crippen molar-refractivity contribution in [1.29, 1.82) is 0 Å². The maximum absolute atomic E-state index is 6.13. The molecule has 0 bridgehead atoms. The number of rotatable bonds is 1. The fourth-order valence-corrected chi connectivity index (χ4v) is 5.02. The summed E-state index contributed by atoms with van der Waals surface area (Å²) in [5.41, 5.74) is 10.9. The van der Waals surface area contributed by atoms with Crippen molar-refractivity contribution in [2.24, 2.45) is 10.8 Å². The molecule has 1 aromatic rings. The summed E-state index contributed by atoms with van der Waals surface area (Å²) >= 11 is 0. The van der Waals surface area contributed by atoms with Crippen LogP contribution in [0.1, 0.15) is 58.1 Å². The van der Waals surface area contributed by atoms with Gasteiger partial charge in [0.15, 0.2) is 0 Å². The summed E-state index contributed by atoms with van der Waals surface area (Å²) < 4.78 is 0. The number of benzene rings is 1. The van der Waals surface area contributed by atoms with Crippen LogP contribution in [0.25, 0.3) is 0 Å². The molecular weight excluding hydrogens is 256 g/mol. The van der Waals surface area contributed by atoms with E-state index < -0.39 is 0 Å². The molecule has 116 valence electrons. The van der Waals surface area contributed by atoms with Gasteiger partial charge in [0.25, 0.3) is 0 Å². The number of hydrogen-bond donors (Lipinski definition) is 1. The van der Waals surface area contributed by atoms with Crippen molar-refractivity contribution >= 4 is 5.69 Å². The molecule has 21 heavy (non-hydrogen) atoms. The van der Waals surface area contributed by atoms with E-state index >= 15 is 0 Å². The Bertz CT molecular complexity index is 514. The van der Waals surface area contributed by atoms with Crippen molar-refractivity contribution in [2.75, 3.05) is 12.3 Å². The maximum Gasteiger partial charge on any atom is 0.0350 e. The summed E-state index contributed by atoms with van der Waals surface area (Å²) in [5.74, 6) is 0. The van der Waals surface area contributed by atoms with E-state index in [1.54, 1.807) is 0 Å². The Kier molecular flexibility index (Phi) is 3.56. The van der Waals surface area contributed by atoms with Gasteiger partial charge in [-0.15, -0.1) is 0 Å². The normalized spacial score (nSPS) is 25.5. The monoisotopic (exact) mass is 286 g/mol. The van der Waals surface area contributed by atoms with E-state index in [2.05, 4.69) is 44.7 Å². The van der Waals surface area contributed by atoms with Crippen molar-refractivity contribution < 1.29 is 0 Å². The fourth-order valence-electron chi connectivity index (χ4n) is 5.02. The van der Waals surface area contributed by atoms with Crippen LogP contribution in [0, 0.1) is 10.8 Å². The largest absolute Gasteiger partial charge is 0.398 e. The summed E-state index contributed by atoms with van der Waals surface area (Å²) in [6.07, 6.45) is 5.11. The summed E-state index contributed by atoms with van der Waals surface area (Å²) in [5, 5.41) is 0. The van der Waals surface area contributed by atoms with Gasteiger partial charge in [0, 0.05) is 24.8 Å². The summed E-state index contributed by atoms with van der Waals surface area (Å²) in [6, 6.07) is 7.13. The Morgan fingerprint density at radius 1 is 1.10 bits per heavy atom. The zero-order valence-electron chi connectivity index (χ0n) is 14.1. The van der Waals surface area contributed by atoms with Gasteiger partial charge in [-0.3, -0.25) is 4.90 Å². The van der Waals surface area contributed by atoms with Crippen LogP contribution in [-0.2, 0) is 13.0 Å². The zero-order valence-corrected chi connectivity index (χ0v) is 14.1. The number of fused-ring (bicyclic) bond motifs is 1. The molecule has 1 aromatic carbocycles. The second kappa shape index (κ2) is 5.01. The lowest BCUT2D eigenvalue weighted by Gasteiger charge is -2.49. The van der Waals surface area contributed by atoms with Crippen LogP contribution in [0.15, 0.2) is 18.2 Å². The van der Waals surface area contributed by atoms with Gasteiger partial charge < -0.3 is 5.73 Å². The smallest absolute Gasteiger partial charge is 0.0350 e. The quantitative estimate of drug-likeness (QED) is 0.783. The fraction of sp³-hybridized carbons (Fsp3) is 0.684. The van der Waals surface area contributed by atoms with E-state index in [-0.39, 0.29) is 0 Å². The van der Waals surface area contributed by atoms with E-state index in [0.717, 1.165) is 31.2 Å². The standard InChI is InChI=1S/C19H30N2/c1-18(2)10-15(11-19(3,4)13-18)21-9-8-16-14(12-21)6-5-7-17(16)20/h5-7,15H,8-13,20H2,1-4H3. The van der Waals surface area contributed by atoms with Crippen molar-refractivity contribution in [3.05, 3.63) is 29.3 Å². The minimum absolute atomic E-state index is 0.461. The Balaban J connectivity index is 1.80. The van der Waals surface area contributed by atoms with Crippen LogP contribution in [0.3, 0.4) is 0 Å². The van der Waals surface area contributed by atoms with Gasteiger partial charge in [-0.25, -0.2) is 0 Å². The van der Waals surface area contributed by atoms with Crippen LogP contribution < -0.4 is 5.73 Å². The molecule has 3 rings (SSSR count). The van der Waals surface area contributed by atoms with Gasteiger partial charge >= 0.3 is 0 Å². The average Bonchev–Trinajstić information content (AvgIpc) is 2.35. The van der Waals surface area contributed by atoms with E-state index in [0.29, 0.717) is 10.8 Å². The summed E-state index contributed by atoms with van der Waals surface area (Å²) in [7, 11) is 0. The Morgan fingerprint density at radius 2 is 1.76 bits per heavy atom. The number of anilines is 1. The van der Waals surface area contributed by atoms with Gasteiger partial charge in [0.1, 0.15) is 0 Å². The van der Waals surface area contributed by atoms with Gasteiger partial charge in [0.05, 0.1) is 0 Å². The van der Waals surface area contributed by atoms with Crippen LogP contribution in [0.5, 0.6) is 0 Å². The van der Waals surface area contributed by atoms with Crippen molar-refractivity contribution in [1.82, 2.24) is 4.90 Å². The minimum Gasteiger partial charge on any atom is -0.398 e. The molecule has 2 nitrogen and oxygen atoms in total. The molecule has 0 spiro atoms. The molecular formula is C19H30N2. The first-order valence-corrected chi connectivity index (χ1v) is 8.36. The molecule has 1 saturated carbocycles. The molecule has 1 fully saturated rings. The SMILES string of the molecule is CC1(C)CC(N2CCc3c(N)cccc3C2)CC(C)(C)C1. The first kappa shape index (κ1) is 14.9. The number of nitrogens with two attached hydrogens (primary N) is 1. The molecule has 0 radical (unpaired) electrons. The Hall–Kier alpha value is -1.02. The molecule has 0 amide bonds. The van der Waals surface area contributed by atoms with Crippen molar-refractivity contribution in [2.45, 2.75) is 66.0 Å². The molecule has 1 aliphatic heterocycles. The molecule has 0 saturated heterocycles. The average molecular weight is 286 g/mol. The molecule has 0 unspecified atom stereocenters. The third kappa shape index (κ3) is 3.11. The molecule has 1 aliphatic carbocycles. The van der Waals surface area contributed by atoms with E-state index in [1.165, 1.54) is 30.4 Å². The second-order valence-corrected chi connectivity index (χ2v) is 8.77. The molecule has 0 aromatic heterocycles. The van der Waals surface area contributed by atoms with E-state index in [4.69, 9.17) is 5.73 Å². The zero-order chi connectivity index (χ0) is 15.3. The maximum atomic E-state index is 6.13. The Labute approximate surface area is 129 Å². The lowest BCUT2D eigenvalue weighted by Crippen LogP contribution is -2.47. The highest BCUT2D eigenvalue weighted by Gasteiger charge is 2.41. The third-order valence-electron chi connectivity index (χ3n) is 5.38. The highest BCUT2D eigenvalue weighted by Crippen LogP contribution is 2.47. The highest BCUT2D eigenvalue weighted by molar-refractivity contribution is 5.51. The predicted molar refractivity (Wildman–Crippen MR) is 90.2 cm³/mol. The number of nitrogens with zero attached hydrogens (tertiary/aromatic N) is 1. The minimum atomic E-state index is 0.461. The van der Waals surface area contributed by atoms with Crippen molar-refractivity contribution in [3.8, 4) is 0 Å². The summed E-state index contributed by atoms with van der Waals surface area (Å²) in [6.45, 7) is 12.0. The van der Waals surface area contributed by atoms with Crippen LogP contribution >= 0.6 is 0 Å². The van der Waals surface area contributed by atoms with Gasteiger partial charge in [-0.05, 0) is 53.7 Å². The summed E-state index contributed by atoms with van der Waals surface area (Å²) in [4.78, 5) is 2.71. The molecule has 2 heteroatoms. The van der Waals surface area contributed by atoms with E-state index in [1.807, 2.05) is 6.07 Å². The topological polar surface area (TPSA) is 29.3 Å². The lowest BCUT2D eigenvalue weighted by molar-refractivity contribution is 0.0184. The lowest BCUT2D eigenvalue weighted by atomic mass is 9.63. The second-order valence-electron chi connectivity index (χ2n) is 8.77. The first-order chi connectivity index (χ1) is 9.76. The first-order valence-electron chi connectivity index (χ1n) is 8.36. The number of nitrogen functional groups attached to an aromatic ring is 1. The van der Waals surface area contributed by atoms with E-state index in [9.17, 15) is 0 Å². The van der Waals surface area contributed by atoms with Gasteiger partial charge in [0.2, 0.25) is 0 Å². The molecule has 0 atom stereocenters. The molecule has 1 heterocycles. The van der Waals surface area contributed by atoms with Crippen LogP contribution in [-0.4, -0.2) is 17.5 Å². The predicted octanol–water partition coefficient (Wildman–Crippen LogP) is 4.23. The Morgan fingerprint density at radius 3 is 2.43 bits per heavy atom. The third-order valence-corrected chi connectivity index (χ3v) is 5.38.